The number of piperidine rings is 1. The first-order valence-electron chi connectivity index (χ1n) is 5.85. The molecule has 1 heterocycles. The Morgan fingerprint density at radius 2 is 2.12 bits per heavy atom. The second-order valence-electron chi connectivity index (χ2n) is 4.28. The van der Waals surface area contributed by atoms with Gasteiger partial charge >= 0.3 is 0 Å². The molecule has 1 aromatic rings. The van der Waals surface area contributed by atoms with Gasteiger partial charge in [0.15, 0.2) is 0 Å². The van der Waals surface area contributed by atoms with Crippen molar-refractivity contribution in [1.29, 1.82) is 0 Å². The van der Waals surface area contributed by atoms with Crippen LogP contribution in [-0.2, 0) is 0 Å². The summed E-state index contributed by atoms with van der Waals surface area (Å²) in [4.78, 5) is 14.2. The van der Waals surface area contributed by atoms with Gasteiger partial charge in [0.25, 0.3) is 5.91 Å². The van der Waals surface area contributed by atoms with Crippen LogP contribution in [0.4, 0.5) is 0 Å². The number of nitrogens with zero attached hydrogens (tertiary/aromatic N) is 1. The molecule has 2 rings (SSSR count). The van der Waals surface area contributed by atoms with Gasteiger partial charge in [0.2, 0.25) is 0 Å². The first-order chi connectivity index (χ1) is 8.24. The minimum atomic E-state index is 0.000880. The molecule has 0 radical (unpaired) electrons. The number of benzene rings is 1. The average molecular weight is 272 g/mol. The molecular weight excluding hydrogens is 257 g/mol. The predicted octanol–water partition coefficient (Wildman–Crippen LogP) is 3.57. The van der Waals surface area contributed by atoms with Crippen LogP contribution in [0, 0.1) is 0 Å². The van der Waals surface area contributed by atoms with Crippen molar-refractivity contribution in [2.45, 2.75) is 25.3 Å². The maximum absolute atomic E-state index is 12.4. The first kappa shape index (κ1) is 12.7. The Kier molecular flexibility index (Phi) is 4.30. The lowest BCUT2D eigenvalue weighted by atomic mass is 10.0. The van der Waals surface area contributed by atoms with E-state index >= 15 is 0 Å². The molecule has 0 spiro atoms. The molecule has 1 saturated heterocycles. The Morgan fingerprint density at radius 3 is 2.82 bits per heavy atom. The molecule has 1 atom stereocenters. The van der Waals surface area contributed by atoms with Crippen molar-refractivity contribution in [2.75, 3.05) is 12.4 Å². The van der Waals surface area contributed by atoms with Crippen molar-refractivity contribution < 1.29 is 4.79 Å². The number of rotatable bonds is 2. The quantitative estimate of drug-likeness (QED) is 0.754. The van der Waals surface area contributed by atoms with Crippen LogP contribution in [-0.4, -0.2) is 29.3 Å². The van der Waals surface area contributed by atoms with E-state index in [1.165, 1.54) is 0 Å². The van der Waals surface area contributed by atoms with E-state index in [4.69, 9.17) is 23.2 Å². The smallest absolute Gasteiger partial charge is 0.255 e. The summed E-state index contributed by atoms with van der Waals surface area (Å²) in [6.45, 7) is 0.779. The van der Waals surface area contributed by atoms with Gasteiger partial charge in [-0.1, -0.05) is 23.7 Å². The summed E-state index contributed by atoms with van der Waals surface area (Å²) in [5.74, 6) is 0.497. The van der Waals surface area contributed by atoms with Crippen LogP contribution >= 0.6 is 23.2 Å². The van der Waals surface area contributed by atoms with E-state index in [-0.39, 0.29) is 11.9 Å². The molecule has 1 aliphatic rings. The highest BCUT2D eigenvalue weighted by atomic mass is 35.5. The van der Waals surface area contributed by atoms with Crippen LogP contribution in [0.25, 0.3) is 0 Å². The highest BCUT2D eigenvalue weighted by molar-refractivity contribution is 6.33. The molecule has 1 amide bonds. The molecular formula is C13H15Cl2NO. The summed E-state index contributed by atoms with van der Waals surface area (Å²) in [6.07, 6.45) is 3.17. The van der Waals surface area contributed by atoms with E-state index < -0.39 is 0 Å². The number of hydrogen-bond donors (Lipinski definition) is 0. The van der Waals surface area contributed by atoms with Crippen molar-refractivity contribution in [2.24, 2.45) is 0 Å². The van der Waals surface area contributed by atoms with E-state index in [9.17, 15) is 4.79 Å². The highest BCUT2D eigenvalue weighted by Crippen LogP contribution is 2.23. The molecule has 0 saturated carbocycles. The van der Waals surface area contributed by atoms with Gasteiger partial charge in [-0.25, -0.2) is 0 Å². The Labute approximate surface area is 112 Å². The van der Waals surface area contributed by atoms with Gasteiger partial charge in [-0.15, -0.1) is 11.6 Å². The van der Waals surface area contributed by atoms with Gasteiger partial charge in [-0.2, -0.15) is 0 Å². The molecule has 0 aliphatic carbocycles. The van der Waals surface area contributed by atoms with E-state index in [2.05, 4.69) is 0 Å². The monoisotopic (exact) mass is 271 g/mol. The minimum Gasteiger partial charge on any atom is -0.334 e. The predicted molar refractivity (Wildman–Crippen MR) is 70.8 cm³/mol. The highest BCUT2D eigenvalue weighted by Gasteiger charge is 2.27. The average Bonchev–Trinajstić information content (AvgIpc) is 2.38. The first-order valence-corrected chi connectivity index (χ1v) is 6.76. The lowest BCUT2D eigenvalue weighted by Crippen LogP contribution is -2.44. The van der Waals surface area contributed by atoms with Gasteiger partial charge in [-0.05, 0) is 31.4 Å². The van der Waals surface area contributed by atoms with Gasteiger partial charge in [0.05, 0.1) is 10.6 Å². The van der Waals surface area contributed by atoms with Crippen molar-refractivity contribution in [3.63, 3.8) is 0 Å². The summed E-state index contributed by atoms with van der Waals surface area (Å²) in [6, 6.07) is 7.32. The third kappa shape index (κ3) is 2.75. The zero-order valence-electron chi connectivity index (χ0n) is 9.53. The van der Waals surface area contributed by atoms with Crippen LogP contribution in [0.3, 0.4) is 0 Å². The van der Waals surface area contributed by atoms with E-state index in [1.54, 1.807) is 12.1 Å². The Balaban J connectivity index is 2.21. The number of amides is 1. The molecule has 1 aliphatic heterocycles. The normalized spacial score (nSPS) is 20.4. The van der Waals surface area contributed by atoms with Crippen LogP contribution in [0.15, 0.2) is 24.3 Å². The second-order valence-corrected chi connectivity index (χ2v) is 5.00. The Bertz CT molecular complexity index is 408. The largest absolute Gasteiger partial charge is 0.334 e. The maximum atomic E-state index is 12.4. The summed E-state index contributed by atoms with van der Waals surface area (Å²) in [7, 11) is 0. The molecule has 17 heavy (non-hydrogen) atoms. The minimum absolute atomic E-state index is 0.000880. The number of likely N-dealkylation sites (tertiary alicyclic amines) is 1. The molecule has 4 heteroatoms. The van der Waals surface area contributed by atoms with Crippen molar-refractivity contribution in [3.8, 4) is 0 Å². The number of carbonyl (C=O) groups excluding carboxylic acids is 1. The number of halogens is 2. The van der Waals surface area contributed by atoms with E-state index in [0.29, 0.717) is 16.5 Å². The third-order valence-corrected chi connectivity index (χ3v) is 3.86. The molecule has 1 fully saturated rings. The fraction of sp³-hybridized carbons (Fsp3) is 0.462. The van der Waals surface area contributed by atoms with Crippen molar-refractivity contribution in [1.82, 2.24) is 4.90 Å². The van der Waals surface area contributed by atoms with Crippen LogP contribution < -0.4 is 0 Å². The Hall–Kier alpha value is -0.730. The SMILES string of the molecule is O=C(c1ccccc1Cl)N1CCCCC1CCl. The molecule has 2 nitrogen and oxygen atoms in total. The molecule has 0 N–H and O–H groups in total. The zero-order valence-corrected chi connectivity index (χ0v) is 11.0. The van der Waals surface area contributed by atoms with Gasteiger partial charge in [0.1, 0.15) is 0 Å². The van der Waals surface area contributed by atoms with Gasteiger partial charge < -0.3 is 4.90 Å². The summed E-state index contributed by atoms with van der Waals surface area (Å²) in [5.41, 5.74) is 0.575. The molecule has 1 aromatic carbocycles. The lowest BCUT2D eigenvalue weighted by molar-refractivity contribution is 0.0639. The summed E-state index contributed by atoms with van der Waals surface area (Å²) in [5, 5.41) is 0.511. The topological polar surface area (TPSA) is 20.3 Å². The molecule has 1 unspecified atom stereocenters. The van der Waals surface area contributed by atoms with Crippen molar-refractivity contribution >= 4 is 29.1 Å². The van der Waals surface area contributed by atoms with Crippen molar-refractivity contribution in [3.05, 3.63) is 34.9 Å². The second kappa shape index (κ2) is 5.74. The summed E-state index contributed by atoms with van der Waals surface area (Å²) < 4.78 is 0. The standard InChI is InChI=1S/C13H15Cl2NO/c14-9-10-5-3-4-8-16(10)13(17)11-6-1-2-7-12(11)15/h1-2,6-7,10H,3-5,8-9H2. The number of hydrogen-bond acceptors (Lipinski definition) is 1. The number of carbonyl (C=O) groups is 1. The van der Waals surface area contributed by atoms with Crippen LogP contribution in [0.1, 0.15) is 29.6 Å². The zero-order chi connectivity index (χ0) is 12.3. The van der Waals surface area contributed by atoms with Crippen LogP contribution in [0.2, 0.25) is 5.02 Å². The fourth-order valence-electron chi connectivity index (χ4n) is 2.22. The third-order valence-electron chi connectivity index (χ3n) is 3.17. The Morgan fingerprint density at radius 1 is 1.35 bits per heavy atom. The van der Waals surface area contributed by atoms with Gasteiger partial charge in [0, 0.05) is 18.5 Å². The number of alkyl halides is 1. The fourth-order valence-corrected chi connectivity index (χ4v) is 2.76. The lowest BCUT2D eigenvalue weighted by Gasteiger charge is -2.34. The molecule has 92 valence electrons. The van der Waals surface area contributed by atoms with Crippen LogP contribution in [0.5, 0.6) is 0 Å². The maximum Gasteiger partial charge on any atom is 0.255 e. The summed E-state index contributed by atoms with van der Waals surface area (Å²) >= 11 is 12.0. The van der Waals surface area contributed by atoms with E-state index in [1.807, 2.05) is 17.0 Å². The molecule has 0 aromatic heterocycles. The van der Waals surface area contributed by atoms with Gasteiger partial charge in [-0.3, -0.25) is 4.79 Å². The molecule has 0 bridgehead atoms. The van der Waals surface area contributed by atoms with E-state index in [0.717, 1.165) is 25.8 Å².